The van der Waals surface area contributed by atoms with Crippen LogP contribution in [-0.2, 0) is 0 Å². The number of hydrogen-bond acceptors (Lipinski definition) is 3. The van der Waals surface area contributed by atoms with Gasteiger partial charge >= 0.3 is 0 Å². The van der Waals surface area contributed by atoms with E-state index in [1.54, 1.807) is 0 Å². The minimum atomic E-state index is 0.451. The van der Waals surface area contributed by atoms with Crippen LogP contribution in [0.5, 0.6) is 0 Å². The van der Waals surface area contributed by atoms with Gasteiger partial charge in [-0.05, 0) is 57.8 Å². The van der Waals surface area contributed by atoms with Gasteiger partial charge in [-0.15, -0.1) is 0 Å². The van der Waals surface area contributed by atoms with Crippen LogP contribution in [-0.4, -0.2) is 35.4 Å². The number of allylic oxidation sites excluding steroid dienone is 2. The molecular formula is C23H43N3. The van der Waals surface area contributed by atoms with E-state index in [1.807, 2.05) is 0 Å². The fourth-order valence-corrected chi connectivity index (χ4v) is 5.50. The molecule has 0 spiro atoms. The van der Waals surface area contributed by atoms with Gasteiger partial charge in [0.2, 0.25) is 0 Å². The van der Waals surface area contributed by atoms with Gasteiger partial charge in [0, 0.05) is 24.2 Å². The molecule has 0 aromatic carbocycles. The topological polar surface area (TPSA) is 27.3 Å². The molecule has 0 amide bonds. The summed E-state index contributed by atoms with van der Waals surface area (Å²) in [6.45, 7) is 4.53. The normalized spacial score (nSPS) is 34.5. The van der Waals surface area contributed by atoms with E-state index in [1.165, 1.54) is 89.9 Å². The smallest absolute Gasteiger partial charge is 0.115 e. The lowest BCUT2D eigenvalue weighted by Gasteiger charge is -2.50. The predicted molar refractivity (Wildman–Crippen MR) is 112 cm³/mol. The maximum atomic E-state index is 3.99. The van der Waals surface area contributed by atoms with Crippen molar-refractivity contribution in [2.45, 2.75) is 134 Å². The molecule has 3 aliphatic heterocycles. The fourth-order valence-electron chi connectivity index (χ4n) is 5.50. The SMILES string of the molecule is CCC=CCCCC1CC2CCC3CC(CCCCCCC)NC(N1)N23. The Kier molecular flexibility index (Phi) is 8.48. The van der Waals surface area contributed by atoms with E-state index in [2.05, 4.69) is 41.5 Å². The lowest BCUT2D eigenvalue weighted by Crippen LogP contribution is -2.70. The van der Waals surface area contributed by atoms with E-state index >= 15 is 0 Å². The Balaban J connectivity index is 1.44. The average Bonchev–Trinajstić information content (AvgIpc) is 3.05. The lowest BCUT2D eigenvalue weighted by molar-refractivity contribution is -0.0184. The van der Waals surface area contributed by atoms with Crippen LogP contribution in [0.4, 0.5) is 0 Å². The van der Waals surface area contributed by atoms with Gasteiger partial charge < -0.3 is 0 Å². The van der Waals surface area contributed by atoms with Gasteiger partial charge in [0.1, 0.15) is 6.29 Å². The van der Waals surface area contributed by atoms with Crippen LogP contribution in [0.2, 0.25) is 0 Å². The van der Waals surface area contributed by atoms with E-state index in [9.17, 15) is 0 Å². The molecule has 0 aromatic heterocycles. The third-order valence-corrected chi connectivity index (χ3v) is 6.86. The second kappa shape index (κ2) is 10.8. The summed E-state index contributed by atoms with van der Waals surface area (Å²) in [7, 11) is 0. The maximum Gasteiger partial charge on any atom is 0.115 e. The number of nitrogens with one attached hydrogen (secondary N) is 2. The van der Waals surface area contributed by atoms with Crippen molar-refractivity contribution in [3.63, 3.8) is 0 Å². The molecule has 0 bridgehead atoms. The number of hydrogen-bond donors (Lipinski definition) is 2. The van der Waals surface area contributed by atoms with Crippen LogP contribution < -0.4 is 10.6 Å². The highest BCUT2D eigenvalue weighted by atomic mass is 15.5. The maximum absolute atomic E-state index is 3.99. The largest absolute Gasteiger partial charge is 0.287 e. The molecule has 3 aliphatic rings. The molecule has 5 atom stereocenters. The van der Waals surface area contributed by atoms with Crippen molar-refractivity contribution >= 4 is 0 Å². The quantitative estimate of drug-likeness (QED) is 0.385. The minimum absolute atomic E-state index is 0.451. The lowest BCUT2D eigenvalue weighted by atomic mass is 9.95. The van der Waals surface area contributed by atoms with Crippen LogP contribution in [0.25, 0.3) is 0 Å². The van der Waals surface area contributed by atoms with Crippen molar-refractivity contribution in [1.82, 2.24) is 15.5 Å². The Hall–Kier alpha value is -0.380. The van der Waals surface area contributed by atoms with Crippen LogP contribution in [0.15, 0.2) is 12.2 Å². The van der Waals surface area contributed by atoms with Gasteiger partial charge in [-0.2, -0.15) is 0 Å². The third-order valence-electron chi connectivity index (χ3n) is 6.86. The van der Waals surface area contributed by atoms with E-state index in [0.29, 0.717) is 12.3 Å². The van der Waals surface area contributed by atoms with Crippen molar-refractivity contribution < 1.29 is 0 Å². The Morgan fingerprint density at radius 2 is 1.46 bits per heavy atom. The Labute approximate surface area is 162 Å². The first-order valence-corrected chi connectivity index (χ1v) is 11.8. The van der Waals surface area contributed by atoms with Gasteiger partial charge in [0.25, 0.3) is 0 Å². The van der Waals surface area contributed by atoms with Crippen LogP contribution in [0.3, 0.4) is 0 Å². The molecule has 3 nitrogen and oxygen atoms in total. The van der Waals surface area contributed by atoms with Crippen molar-refractivity contribution in [2.24, 2.45) is 0 Å². The third kappa shape index (κ3) is 5.56. The summed E-state index contributed by atoms with van der Waals surface area (Å²) in [5, 5.41) is 7.97. The summed E-state index contributed by atoms with van der Waals surface area (Å²) in [4.78, 5) is 2.81. The summed E-state index contributed by atoms with van der Waals surface area (Å²) in [5.74, 6) is 0. The van der Waals surface area contributed by atoms with Gasteiger partial charge in [-0.25, -0.2) is 0 Å². The standard InChI is InChI=1S/C23H43N3/c1-3-5-7-9-11-13-19-17-21-15-16-22-18-20(14-12-10-8-6-4-2)25-23(24-19)26(21)22/h5,7,19-25H,3-4,6,8-18H2,1-2H3. The molecule has 3 heterocycles. The number of unbranched alkanes of at least 4 members (excludes halogenated alkanes) is 5. The van der Waals surface area contributed by atoms with E-state index in [-0.39, 0.29) is 0 Å². The summed E-state index contributed by atoms with van der Waals surface area (Å²) < 4.78 is 0. The molecule has 0 saturated carbocycles. The van der Waals surface area contributed by atoms with Crippen molar-refractivity contribution in [3.8, 4) is 0 Å². The molecule has 2 N–H and O–H groups in total. The first kappa shape index (κ1) is 20.4. The molecule has 3 fully saturated rings. The molecule has 5 unspecified atom stereocenters. The Morgan fingerprint density at radius 1 is 0.808 bits per heavy atom. The minimum Gasteiger partial charge on any atom is -0.287 e. The van der Waals surface area contributed by atoms with Crippen molar-refractivity contribution in [2.75, 3.05) is 0 Å². The first-order chi connectivity index (χ1) is 12.8. The Bertz CT molecular complexity index is 422. The molecule has 3 heteroatoms. The molecule has 3 rings (SSSR count). The second-order valence-corrected chi connectivity index (χ2v) is 8.95. The van der Waals surface area contributed by atoms with E-state index in [0.717, 1.165) is 18.1 Å². The Morgan fingerprint density at radius 3 is 2.12 bits per heavy atom. The van der Waals surface area contributed by atoms with Gasteiger partial charge in [0.05, 0.1) is 0 Å². The van der Waals surface area contributed by atoms with Crippen LogP contribution in [0, 0.1) is 0 Å². The van der Waals surface area contributed by atoms with Gasteiger partial charge in [-0.1, -0.05) is 58.1 Å². The van der Waals surface area contributed by atoms with Gasteiger partial charge in [-0.3, -0.25) is 15.5 Å². The van der Waals surface area contributed by atoms with Crippen LogP contribution in [0.1, 0.15) is 104 Å². The van der Waals surface area contributed by atoms with E-state index in [4.69, 9.17) is 0 Å². The number of nitrogens with zero attached hydrogens (tertiary/aromatic N) is 1. The molecule has 3 saturated heterocycles. The van der Waals surface area contributed by atoms with Crippen LogP contribution >= 0.6 is 0 Å². The highest BCUT2D eigenvalue weighted by molar-refractivity contribution is 5.02. The zero-order valence-electron chi connectivity index (χ0n) is 17.4. The van der Waals surface area contributed by atoms with Crippen molar-refractivity contribution in [1.29, 1.82) is 0 Å². The predicted octanol–water partition coefficient (Wildman–Crippen LogP) is 5.32. The summed E-state index contributed by atoms with van der Waals surface area (Å²) >= 11 is 0. The fraction of sp³-hybridized carbons (Fsp3) is 0.913. The monoisotopic (exact) mass is 361 g/mol. The highest BCUT2D eigenvalue weighted by Gasteiger charge is 2.46. The zero-order valence-corrected chi connectivity index (χ0v) is 17.4. The summed E-state index contributed by atoms with van der Waals surface area (Å²) in [5.41, 5.74) is 0. The molecule has 0 aliphatic carbocycles. The molecule has 0 aromatic rings. The second-order valence-electron chi connectivity index (χ2n) is 8.95. The molecule has 26 heavy (non-hydrogen) atoms. The zero-order chi connectivity index (χ0) is 18.2. The molecule has 150 valence electrons. The molecule has 0 radical (unpaired) electrons. The van der Waals surface area contributed by atoms with E-state index < -0.39 is 0 Å². The first-order valence-electron chi connectivity index (χ1n) is 11.8. The average molecular weight is 362 g/mol. The van der Waals surface area contributed by atoms with Gasteiger partial charge in [0.15, 0.2) is 0 Å². The highest BCUT2D eigenvalue weighted by Crippen LogP contribution is 2.37. The summed E-state index contributed by atoms with van der Waals surface area (Å²) in [6.07, 6.45) is 24.2. The summed E-state index contributed by atoms with van der Waals surface area (Å²) in [6, 6.07) is 3.12. The number of rotatable bonds is 11. The van der Waals surface area contributed by atoms with Crippen molar-refractivity contribution in [3.05, 3.63) is 12.2 Å². The molecular weight excluding hydrogens is 318 g/mol.